The molecule has 2 aliphatic rings. The van der Waals surface area contributed by atoms with Crippen molar-refractivity contribution in [1.82, 2.24) is 14.6 Å². The molecular weight excluding hydrogens is 607 g/mol. The van der Waals surface area contributed by atoms with Crippen LogP contribution in [0.25, 0.3) is 10.2 Å². The summed E-state index contributed by atoms with van der Waals surface area (Å²) in [5.74, 6) is -1.52. The van der Waals surface area contributed by atoms with Gasteiger partial charge in [0.05, 0.1) is 27.6 Å². The number of para-hydroxylation sites is 1. The Morgan fingerprint density at radius 1 is 1.23 bits per heavy atom. The van der Waals surface area contributed by atoms with Crippen molar-refractivity contribution < 1.29 is 32.3 Å². The Bertz CT molecular complexity index is 1650. The summed E-state index contributed by atoms with van der Waals surface area (Å²) < 4.78 is 44.8. The molecule has 13 heteroatoms. The van der Waals surface area contributed by atoms with Crippen LogP contribution in [0.2, 0.25) is 0 Å². The number of anilines is 1. The summed E-state index contributed by atoms with van der Waals surface area (Å²) in [7, 11) is -4.41. The van der Waals surface area contributed by atoms with E-state index in [0.717, 1.165) is 10.2 Å². The second-order valence-electron chi connectivity index (χ2n) is 12.2. The number of amides is 1. The number of aryl methyl sites for hydroxylation is 1. The van der Waals surface area contributed by atoms with Crippen LogP contribution in [-0.4, -0.2) is 73.4 Å². The number of thiazole rings is 1. The van der Waals surface area contributed by atoms with E-state index in [1.807, 2.05) is 24.3 Å². The first-order chi connectivity index (χ1) is 20.9. The Balaban J connectivity index is 1.50. The minimum atomic E-state index is -4.41. The second-order valence-corrected chi connectivity index (χ2v) is 15.0. The van der Waals surface area contributed by atoms with Gasteiger partial charge < -0.3 is 15.3 Å². The van der Waals surface area contributed by atoms with Crippen molar-refractivity contribution in [2.75, 3.05) is 31.6 Å². The van der Waals surface area contributed by atoms with Crippen LogP contribution in [0.3, 0.4) is 0 Å². The highest BCUT2D eigenvalue weighted by molar-refractivity contribution is 7.89. The number of ketones is 1. The van der Waals surface area contributed by atoms with Crippen molar-refractivity contribution >= 4 is 54.9 Å². The number of hydrogen-bond acceptors (Lipinski definition) is 8. The number of benzene rings is 2. The highest BCUT2D eigenvalue weighted by Crippen LogP contribution is 2.38. The van der Waals surface area contributed by atoms with Crippen LogP contribution in [0.15, 0.2) is 41.3 Å². The molecule has 0 radical (unpaired) electrons. The van der Waals surface area contributed by atoms with E-state index in [1.54, 1.807) is 24.8 Å². The molecule has 44 heavy (non-hydrogen) atoms. The average Bonchev–Trinajstić information content (AvgIpc) is 3.40. The summed E-state index contributed by atoms with van der Waals surface area (Å²) in [6.45, 7) is 4.09. The molecule has 3 N–H and O–H groups in total. The highest BCUT2D eigenvalue weighted by atomic mass is 32.2. The SMILES string of the molecule is CC1(C)CNc2c(cc(CCC(=O)O)cc2S(=O)(=O)N[C@@H](Cc2nc3ccccc3s2)C(=O)N2CCC(CCF)CC2)C1=O. The molecule has 0 spiro atoms. The van der Waals surface area contributed by atoms with Gasteiger partial charge in [-0.05, 0) is 61.4 Å². The van der Waals surface area contributed by atoms with Crippen LogP contribution in [0.1, 0.15) is 60.5 Å². The maximum atomic E-state index is 14.2. The van der Waals surface area contributed by atoms with E-state index in [2.05, 4.69) is 15.0 Å². The standard InChI is InChI=1S/C31H37FN4O6S2/c1-31(2)18-33-28-21(29(31)39)15-20(7-8-27(37)38)16-25(28)44(41,42)35-23(17-26-34-22-5-3-4-6-24(22)43-26)30(40)36-13-10-19(9-12-32)11-14-36/h3-6,15-16,19,23,33,35H,7-14,17-18H2,1-2H3,(H,37,38)/t23-/m0/s1. The van der Waals surface area contributed by atoms with Crippen molar-refractivity contribution in [1.29, 1.82) is 0 Å². The number of carbonyl (C=O) groups is 3. The molecule has 1 amide bonds. The number of carboxylic acids is 1. The number of halogens is 1. The van der Waals surface area contributed by atoms with Crippen LogP contribution in [-0.2, 0) is 32.5 Å². The van der Waals surface area contributed by atoms with Gasteiger partial charge in [-0.15, -0.1) is 11.3 Å². The summed E-state index contributed by atoms with van der Waals surface area (Å²) in [6, 6.07) is 9.25. The van der Waals surface area contributed by atoms with E-state index in [9.17, 15) is 32.3 Å². The number of sulfonamides is 1. The third kappa shape index (κ3) is 6.94. The molecule has 0 saturated carbocycles. The first kappa shape index (κ1) is 32.0. The molecule has 0 bridgehead atoms. The van der Waals surface area contributed by atoms with Gasteiger partial charge in [0, 0.05) is 43.5 Å². The third-order valence-corrected chi connectivity index (χ3v) is 11.0. The second kappa shape index (κ2) is 12.9. The average molecular weight is 645 g/mol. The summed E-state index contributed by atoms with van der Waals surface area (Å²) >= 11 is 1.38. The van der Waals surface area contributed by atoms with Gasteiger partial charge in [0.2, 0.25) is 15.9 Å². The van der Waals surface area contributed by atoms with E-state index in [0.29, 0.717) is 42.9 Å². The Morgan fingerprint density at radius 3 is 2.64 bits per heavy atom. The van der Waals surface area contributed by atoms with Crippen molar-refractivity contribution in [3.05, 3.63) is 52.5 Å². The molecule has 1 aromatic heterocycles. The number of aromatic nitrogens is 1. The largest absolute Gasteiger partial charge is 0.481 e. The zero-order valence-corrected chi connectivity index (χ0v) is 26.4. The molecule has 3 heterocycles. The molecule has 5 rings (SSSR count). The molecule has 236 valence electrons. The lowest BCUT2D eigenvalue weighted by atomic mass is 9.80. The van der Waals surface area contributed by atoms with Gasteiger partial charge in [-0.2, -0.15) is 4.72 Å². The number of nitrogens with one attached hydrogen (secondary N) is 2. The van der Waals surface area contributed by atoms with Crippen molar-refractivity contribution in [2.45, 2.75) is 63.3 Å². The van der Waals surface area contributed by atoms with Crippen LogP contribution in [0, 0.1) is 11.3 Å². The van der Waals surface area contributed by atoms with Gasteiger partial charge in [0.1, 0.15) is 10.9 Å². The van der Waals surface area contributed by atoms with Crippen molar-refractivity contribution in [3.8, 4) is 0 Å². The normalized spacial score (nSPS) is 17.7. The molecule has 0 unspecified atom stereocenters. The number of carboxylic acid groups (broad SMARTS) is 1. The number of Topliss-reactive ketones (excluding diaryl/α,β-unsaturated/α-hetero) is 1. The lowest BCUT2D eigenvalue weighted by molar-refractivity contribution is -0.137. The van der Waals surface area contributed by atoms with E-state index in [-0.39, 0.29) is 53.7 Å². The topological polar surface area (TPSA) is 146 Å². The van der Waals surface area contributed by atoms with Crippen molar-refractivity contribution in [3.63, 3.8) is 0 Å². The third-order valence-electron chi connectivity index (χ3n) is 8.40. The Kier molecular flexibility index (Phi) is 9.38. The zero-order valence-electron chi connectivity index (χ0n) is 24.8. The lowest BCUT2D eigenvalue weighted by Gasteiger charge is -2.34. The number of piperidine rings is 1. The fourth-order valence-electron chi connectivity index (χ4n) is 5.82. The number of aliphatic carboxylic acids is 1. The summed E-state index contributed by atoms with van der Waals surface area (Å²) in [5, 5.41) is 12.9. The molecule has 1 saturated heterocycles. The van der Waals surface area contributed by atoms with Gasteiger partial charge in [-0.25, -0.2) is 13.4 Å². The predicted octanol–water partition coefficient (Wildman–Crippen LogP) is 4.44. The molecule has 0 aliphatic carbocycles. The summed E-state index contributed by atoms with van der Waals surface area (Å²) in [6.07, 6.45) is 1.51. The van der Waals surface area contributed by atoms with E-state index in [1.165, 1.54) is 17.4 Å². The van der Waals surface area contributed by atoms with Gasteiger partial charge in [0.25, 0.3) is 0 Å². The molecule has 3 aromatic rings. The molecule has 1 atom stereocenters. The molecule has 1 fully saturated rings. The maximum Gasteiger partial charge on any atom is 0.303 e. The Labute approximate surface area is 260 Å². The first-order valence-corrected chi connectivity index (χ1v) is 17.1. The zero-order chi connectivity index (χ0) is 31.6. The van der Waals surface area contributed by atoms with Gasteiger partial charge >= 0.3 is 5.97 Å². The number of alkyl halides is 1. The molecule has 2 aromatic carbocycles. The maximum absolute atomic E-state index is 14.2. The number of fused-ring (bicyclic) bond motifs is 2. The number of carbonyl (C=O) groups excluding carboxylic acids is 2. The fourth-order valence-corrected chi connectivity index (χ4v) is 8.28. The van der Waals surface area contributed by atoms with E-state index in [4.69, 9.17) is 0 Å². The minimum absolute atomic E-state index is 0.0160. The lowest BCUT2D eigenvalue weighted by Crippen LogP contribution is -2.51. The number of rotatable bonds is 11. The summed E-state index contributed by atoms with van der Waals surface area (Å²) in [5.41, 5.74) is 0.655. The first-order valence-electron chi connectivity index (χ1n) is 14.8. The van der Waals surface area contributed by atoms with Gasteiger partial charge in [-0.1, -0.05) is 26.0 Å². The quantitative estimate of drug-likeness (QED) is 0.278. The van der Waals surface area contributed by atoms with E-state index >= 15 is 0 Å². The van der Waals surface area contributed by atoms with Crippen molar-refractivity contribution in [2.24, 2.45) is 11.3 Å². The number of nitrogens with zero attached hydrogens (tertiary/aromatic N) is 2. The fraction of sp³-hybridized carbons (Fsp3) is 0.484. The minimum Gasteiger partial charge on any atom is -0.481 e. The summed E-state index contributed by atoms with van der Waals surface area (Å²) in [4.78, 5) is 44.7. The monoisotopic (exact) mass is 644 g/mol. The van der Waals surface area contributed by atoms with Gasteiger partial charge in [-0.3, -0.25) is 18.8 Å². The Hall–Kier alpha value is -3.42. The van der Waals surface area contributed by atoms with E-state index < -0.39 is 40.0 Å². The van der Waals surface area contributed by atoms with Crippen LogP contribution in [0.4, 0.5) is 10.1 Å². The van der Waals surface area contributed by atoms with Gasteiger partial charge in [0.15, 0.2) is 5.78 Å². The van der Waals surface area contributed by atoms with Crippen LogP contribution < -0.4 is 10.0 Å². The molecule has 2 aliphatic heterocycles. The number of hydrogen-bond donors (Lipinski definition) is 3. The highest BCUT2D eigenvalue weighted by Gasteiger charge is 2.39. The van der Waals surface area contributed by atoms with Crippen LogP contribution >= 0.6 is 11.3 Å². The Morgan fingerprint density at radius 2 is 1.95 bits per heavy atom. The predicted molar refractivity (Wildman–Crippen MR) is 166 cm³/mol. The molecule has 10 nitrogen and oxygen atoms in total. The number of likely N-dealkylation sites (tertiary alicyclic amines) is 1. The molecular formula is C31H37FN4O6S2. The smallest absolute Gasteiger partial charge is 0.303 e. The van der Waals surface area contributed by atoms with Crippen LogP contribution in [0.5, 0.6) is 0 Å².